The summed E-state index contributed by atoms with van der Waals surface area (Å²) in [6.07, 6.45) is 1.27. The van der Waals surface area contributed by atoms with E-state index in [9.17, 15) is 13.2 Å². The minimum Gasteiger partial charge on any atom is -0.354 e. The van der Waals surface area contributed by atoms with Gasteiger partial charge < -0.3 is 11.1 Å². The molecule has 1 saturated heterocycles. The third-order valence-electron chi connectivity index (χ3n) is 3.63. The Morgan fingerprint density at radius 3 is 2.62 bits per heavy atom. The maximum absolute atomic E-state index is 12.6. The summed E-state index contributed by atoms with van der Waals surface area (Å²) in [6.45, 7) is 2.62. The molecular formula is C14H21N3O3S. The van der Waals surface area contributed by atoms with Crippen LogP contribution in [0.2, 0.25) is 0 Å². The van der Waals surface area contributed by atoms with Crippen molar-refractivity contribution in [2.75, 3.05) is 13.1 Å². The van der Waals surface area contributed by atoms with E-state index in [0.717, 1.165) is 5.56 Å². The Kier molecular flexibility index (Phi) is 4.97. The smallest absolute Gasteiger partial charge is 0.243 e. The largest absolute Gasteiger partial charge is 0.354 e. The van der Waals surface area contributed by atoms with Crippen molar-refractivity contribution in [3.8, 4) is 0 Å². The first kappa shape index (κ1) is 15.9. The molecule has 0 saturated carbocycles. The average molecular weight is 311 g/mol. The van der Waals surface area contributed by atoms with Crippen molar-refractivity contribution >= 4 is 15.9 Å². The molecule has 2 rings (SSSR count). The zero-order valence-electron chi connectivity index (χ0n) is 12.1. The van der Waals surface area contributed by atoms with Crippen molar-refractivity contribution in [1.82, 2.24) is 9.62 Å². The number of hydrogen-bond acceptors (Lipinski definition) is 4. The Morgan fingerprint density at radius 2 is 2.05 bits per heavy atom. The first-order chi connectivity index (χ1) is 9.93. The molecule has 3 N–H and O–H groups in total. The molecule has 116 valence electrons. The van der Waals surface area contributed by atoms with E-state index in [2.05, 4.69) is 5.32 Å². The number of amides is 1. The van der Waals surface area contributed by atoms with Gasteiger partial charge in [0.1, 0.15) is 0 Å². The molecule has 6 nitrogen and oxygen atoms in total. The maximum atomic E-state index is 12.6. The number of rotatable bonds is 4. The van der Waals surface area contributed by atoms with Gasteiger partial charge in [0.2, 0.25) is 15.9 Å². The van der Waals surface area contributed by atoms with Crippen LogP contribution in [0.3, 0.4) is 0 Å². The summed E-state index contributed by atoms with van der Waals surface area (Å²) in [5.74, 6) is -0.0769. The highest BCUT2D eigenvalue weighted by molar-refractivity contribution is 7.89. The van der Waals surface area contributed by atoms with Gasteiger partial charge in [-0.15, -0.1) is 0 Å². The number of nitrogens with one attached hydrogen (secondary N) is 1. The van der Waals surface area contributed by atoms with Crippen LogP contribution in [0.15, 0.2) is 29.2 Å². The fourth-order valence-corrected chi connectivity index (χ4v) is 4.05. The Balaban J connectivity index is 2.09. The Labute approximate surface area is 125 Å². The van der Waals surface area contributed by atoms with Crippen molar-refractivity contribution in [3.05, 3.63) is 29.8 Å². The van der Waals surface area contributed by atoms with E-state index in [4.69, 9.17) is 5.73 Å². The zero-order chi connectivity index (χ0) is 15.5. The summed E-state index contributed by atoms with van der Waals surface area (Å²) in [6, 6.07) is 6.79. The highest BCUT2D eigenvalue weighted by atomic mass is 32.2. The zero-order valence-corrected chi connectivity index (χ0v) is 12.9. The SMILES string of the molecule is CC(=O)NC1CCN(S(=O)(=O)c2cccc(CN)c2)CC1. The van der Waals surface area contributed by atoms with Crippen LogP contribution in [0.1, 0.15) is 25.3 Å². The molecule has 1 amide bonds. The topological polar surface area (TPSA) is 92.5 Å². The first-order valence-corrected chi connectivity index (χ1v) is 8.44. The predicted molar refractivity (Wildman–Crippen MR) is 79.9 cm³/mol. The van der Waals surface area contributed by atoms with Gasteiger partial charge in [-0.2, -0.15) is 4.31 Å². The van der Waals surface area contributed by atoms with Crippen LogP contribution in [-0.4, -0.2) is 37.8 Å². The molecule has 1 aromatic rings. The lowest BCUT2D eigenvalue weighted by molar-refractivity contribution is -0.119. The summed E-state index contributed by atoms with van der Waals surface area (Å²) in [4.78, 5) is 11.3. The van der Waals surface area contributed by atoms with Crippen LogP contribution in [0, 0.1) is 0 Å². The molecule has 0 radical (unpaired) electrons. The molecule has 1 aromatic carbocycles. The van der Waals surface area contributed by atoms with Crippen LogP contribution >= 0.6 is 0 Å². The molecule has 0 aromatic heterocycles. The number of carbonyl (C=O) groups is 1. The lowest BCUT2D eigenvalue weighted by atomic mass is 10.1. The summed E-state index contributed by atoms with van der Waals surface area (Å²) >= 11 is 0. The molecule has 1 aliphatic rings. The predicted octanol–water partition coefficient (Wildman–Crippen LogP) is 0.435. The van der Waals surface area contributed by atoms with Crippen LogP contribution < -0.4 is 11.1 Å². The molecule has 0 aliphatic carbocycles. The summed E-state index contributed by atoms with van der Waals surface area (Å²) in [5, 5.41) is 2.83. The lowest BCUT2D eigenvalue weighted by Gasteiger charge is -2.31. The normalized spacial score (nSPS) is 17.6. The van der Waals surface area contributed by atoms with Gasteiger partial charge in [0.15, 0.2) is 0 Å². The molecule has 1 fully saturated rings. The van der Waals surface area contributed by atoms with Gasteiger partial charge in [-0.3, -0.25) is 4.79 Å². The quantitative estimate of drug-likeness (QED) is 0.843. The third kappa shape index (κ3) is 3.81. The number of nitrogens with two attached hydrogens (primary N) is 1. The second kappa shape index (κ2) is 6.55. The van der Waals surface area contributed by atoms with Gasteiger partial charge in [-0.1, -0.05) is 12.1 Å². The molecule has 21 heavy (non-hydrogen) atoms. The number of sulfonamides is 1. The van der Waals surface area contributed by atoms with E-state index in [0.29, 0.717) is 32.5 Å². The minimum absolute atomic E-state index is 0.0596. The Morgan fingerprint density at radius 1 is 1.38 bits per heavy atom. The van der Waals surface area contributed by atoms with Gasteiger partial charge in [-0.25, -0.2) is 8.42 Å². The summed E-state index contributed by atoms with van der Waals surface area (Å²) in [5.41, 5.74) is 6.35. The van der Waals surface area contributed by atoms with Crippen LogP contribution in [0.25, 0.3) is 0 Å². The van der Waals surface area contributed by atoms with Crippen molar-refractivity contribution in [2.24, 2.45) is 5.73 Å². The van der Waals surface area contributed by atoms with Crippen molar-refractivity contribution < 1.29 is 13.2 Å². The van der Waals surface area contributed by atoms with Gasteiger partial charge in [0.05, 0.1) is 4.90 Å². The highest BCUT2D eigenvalue weighted by Gasteiger charge is 2.29. The number of carbonyl (C=O) groups excluding carboxylic acids is 1. The Hall–Kier alpha value is -1.44. The molecule has 1 aliphatic heterocycles. The molecule has 0 spiro atoms. The molecule has 1 heterocycles. The van der Waals surface area contributed by atoms with E-state index in [1.54, 1.807) is 18.2 Å². The van der Waals surface area contributed by atoms with E-state index in [-0.39, 0.29) is 16.8 Å². The lowest BCUT2D eigenvalue weighted by Crippen LogP contribution is -2.46. The van der Waals surface area contributed by atoms with Crippen molar-refractivity contribution in [1.29, 1.82) is 0 Å². The summed E-state index contributed by atoms with van der Waals surface area (Å²) < 4.78 is 26.6. The maximum Gasteiger partial charge on any atom is 0.243 e. The fourth-order valence-electron chi connectivity index (χ4n) is 2.51. The third-order valence-corrected chi connectivity index (χ3v) is 5.53. The molecule has 0 unspecified atom stereocenters. The molecular weight excluding hydrogens is 290 g/mol. The van der Waals surface area contributed by atoms with Gasteiger partial charge in [0.25, 0.3) is 0 Å². The molecule has 0 bridgehead atoms. The average Bonchev–Trinajstić information content (AvgIpc) is 2.47. The monoisotopic (exact) mass is 311 g/mol. The van der Waals surface area contributed by atoms with Crippen molar-refractivity contribution in [2.45, 2.75) is 37.2 Å². The van der Waals surface area contributed by atoms with E-state index < -0.39 is 10.0 Å². The minimum atomic E-state index is -3.48. The second-order valence-corrected chi connectivity index (χ2v) is 7.17. The van der Waals surface area contributed by atoms with Gasteiger partial charge in [0, 0.05) is 32.6 Å². The van der Waals surface area contributed by atoms with Crippen LogP contribution in [0.5, 0.6) is 0 Å². The van der Waals surface area contributed by atoms with E-state index in [1.807, 2.05) is 6.07 Å². The number of nitrogens with zero attached hydrogens (tertiary/aromatic N) is 1. The summed E-state index contributed by atoms with van der Waals surface area (Å²) in [7, 11) is -3.48. The Bertz CT molecular complexity index is 608. The van der Waals surface area contributed by atoms with Gasteiger partial charge in [-0.05, 0) is 30.5 Å². The van der Waals surface area contributed by atoms with E-state index >= 15 is 0 Å². The fraction of sp³-hybridized carbons (Fsp3) is 0.500. The van der Waals surface area contributed by atoms with E-state index in [1.165, 1.54) is 11.2 Å². The molecule has 0 atom stereocenters. The number of piperidine rings is 1. The van der Waals surface area contributed by atoms with Crippen molar-refractivity contribution in [3.63, 3.8) is 0 Å². The number of benzene rings is 1. The highest BCUT2D eigenvalue weighted by Crippen LogP contribution is 2.21. The second-order valence-electron chi connectivity index (χ2n) is 5.23. The van der Waals surface area contributed by atoms with Crippen LogP contribution in [0.4, 0.5) is 0 Å². The van der Waals surface area contributed by atoms with Crippen LogP contribution in [-0.2, 0) is 21.4 Å². The standard InChI is InChI=1S/C14H21N3O3S/c1-11(18)16-13-5-7-17(8-6-13)21(19,20)14-4-2-3-12(9-14)10-15/h2-4,9,13H,5-8,10,15H2,1H3,(H,16,18). The molecule has 7 heteroatoms. The number of hydrogen-bond donors (Lipinski definition) is 2. The first-order valence-electron chi connectivity index (χ1n) is 6.99. The van der Waals surface area contributed by atoms with Gasteiger partial charge >= 0.3 is 0 Å².